The summed E-state index contributed by atoms with van der Waals surface area (Å²) >= 11 is 0. The van der Waals surface area contributed by atoms with E-state index >= 15 is 0 Å². The molecule has 0 radical (unpaired) electrons. The van der Waals surface area contributed by atoms with E-state index in [1.54, 1.807) is 45.3 Å². The molecule has 9 nitrogen and oxygen atoms in total. The number of allylic oxidation sites excluding steroid dienone is 1. The van der Waals surface area contributed by atoms with Crippen LogP contribution in [0.1, 0.15) is 56.6 Å². The van der Waals surface area contributed by atoms with Gasteiger partial charge in [0.15, 0.2) is 11.5 Å². The SMILES string of the molecule is CCOC(=O)[C@]12CCCCC/C=C\1N(Cc1ccc(OC)cc1)C(=O)[C@@H]2CC(=O)NCc1ccc(OC)c(OC)c1. The van der Waals surface area contributed by atoms with Crippen molar-refractivity contribution < 1.29 is 33.3 Å². The van der Waals surface area contributed by atoms with Crippen molar-refractivity contribution in [2.45, 2.75) is 58.5 Å². The summed E-state index contributed by atoms with van der Waals surface area (Å²) in [6.07, 6.45) is 5.78. The minimum atomic E-state index is -1.21. The second-order valence-corrected chi connectivity index (χ2v) is 10.4. The maximum absolute atomic E-state index is 14.1. The van der Waals surface area contributed by atoms with Crippen LogP contribution < -0.4 is 19.5 Å². The molecule has 2 aromatic rings. The lowest BCUT2D eigenvalue weighted by atomic mass is 9.69. The number of rotatable bonds is 11. The molecule has 0 saturated carbocycles. The number of benzene rings is 2. The highest BCUT2D eigenvalue weighted by atomic mass is 16.5. The Kier molecular flexibility index (Phi) is 9.91. The van der Waals surface area contributed by atoms with Gasteiger partial charge in [-0.1, -0.05) is 37.1 Å². The molecule has 9 heteroatoms. The van der Waals surface area contributed by atoms with E-state index in [2.05, 4.69) is 5.32 Å². The Morgan fingerprint density at radius 1 is 0.951 bits per heavy atom. The number of likely N-dealkylation sites (tertiary alicyclic amines) is 1. The standard InChI is InChI=1S/C32H40N2O7/c1-5-41-31(37)32-17-9-7-6-8-10-28(32)34(21-22-11-14-24(38-2)15-12-22)30(36)25(32)19-29(35)33-20-23-13-16-26(39-3)27(18-23)40-4/h10-16,18,25H,5-9,17,19-21H2,1-4H3,(H,33,35)/b28-10+/t25-,32-/m0/s1. The second kappa shape index (κ2) is 13.6. The number of nitrogens with one attached hydrogen (secondary N) is 1. The first-order chi connectivity index (χ1) is 19.9. The number of carbonyl (C=O) groups is 3. The number of hydrogen-bond donors (Lipinski definition) is 1. The quantitative estimate of drug-likeness (QED) is 0.392. The molecule has 1 aliphatic heterocycles. The van der Waals surface area contributed by atoms with Gasteiger partial charge in [0.25, 0.3) is 0 Å². The maximum atomic E-state index is 14.1. The summed E-state index contributed by atoms with van der Waals surface area (Å²) in [5.74, 6) is 0.0290. The molecular formula is C32H40N2O7. The van der Waals surface area contributed by atoms with Crippen LogP contribution in [0.3, 0.4) is 0 Å². The highest BCUT2D eigenvalue weighted by Crippen LogP contribution is 2.53. The molecule has 0 spiro atoms. The van der Waals surface area contributed by atoms with E-state index in [0.717, 1.165) is 42.6 Å². The number of carbonyl (C=O) groups excluding carboxylic acids is 3. The van der Waals surface area contributed by atoms with Crippen molar-refractivity contribution >= 4 is 17.8 Å². The van der Waals surface area contributed by atoms with Gasteiger partial charge in [-0.05, 0) is 61.6 Å². The first-order valence-electron chi connectivity index (χ1n) is 14.2. The monoisotopic (exact) mass is 564 g/mol. The molecule has 0 bridgehead atoms. The van der Waals surface area contributed by atoms with E-state index < -0.39 is 17.3 Å². The van der Waals surface area contributed by atoms with E-state index in [-0.39, 0.29) is 31.4 Å². The topological polar surface area (TPSA) is 103 Å². The maximum Gasteiger partial charge on any atom is 0.318 e. The van der Waals surface area contributed by atoms with Crippen molar-refractivity contribution in [3.8, 4) is 17.2 Å². The van der Waals surface area contributed by atoms with E-state index in [0.29, 0.717) is 30.2 Å². The molecule has 2 amide bonds. The van der Waals surface area contributed by atoms with Crippen LogP contribution in [-0.4, -0.2) is 50.6 Å². The molecule has 4 rings (SSSR count). The van der Waals surface area contributed by atoms with E-state index in [9.17, 15) is 14.4 Å². The molecule has 0 unspecified atom stereocenters. The van der Waals surface area contributed by atoms with Gasteiger partial charge in [-0.3, -0.25) is 14.4 Å². The fourth-order valence-electron chi connectivity index (χ4n) is 5.89. The Hall–Kier alpha value is -4.01. The van der Waals surface area contributed by atoms with Gasteiger partial charge in [0.05, 0.1) is 40.4 Å². The lowest BCUT2D eigenvalue weighted by Crippen LogP contribution is -2.42. The Morgan fingerprint density at radius 2 is 1.68 bits per heavy atom. The molecule has 2 atom stereocenters. The second-order valence-electron chi connectivity index (χ2n) is 10.4. The number of methoxy groups -OCH3 is 3. The van der Waals surface area contributed by atoms with Gasteiger partial charge >= 0.3 is 5.97 Å². The number of nitrogens with zero attached hydrogens (tertiary/aromatic N) is 1. The van der Waals surface area contributed by atoms with Crippen LogP contribution in [0.15, 0.2) is 54.2 Å². The predicted molar refractivity (Wildman–Crippen MR) is 153 cm³/mol. The summed E-state index contributed by atoms with van der Waals surface area (Å²) < 4.78 is 21.6. The van der Waals surface area contributed by atoms with Crippen molar-refractivity contribution in [2.24, 2.45) is 11.3 Å². The fraction of sp³-hybridized carbons (Fsp3) is 0.469. The van der Waals surface area contributed by atoms with Crippen molar-refractivity contribution in [3.63, 3.8) is 0 Å². The molecular weight excluding hydrogens is 524 g/mol. The van der Waals surface area contributed by atoms with Crippen molar-refractivity contribution in [1.82, 2.24) is 10.2 Å². The molecule has 2 aromatic carbocycles. The summed E-state index contributed by atoms with van der Waals surface area (Å²) in [6, 6.07) is 12.9. The van der Waals surface area contributed by atoms with Crippen LogP contribution >= 0.6 is 0 Å². The number of esters is 1. The minimum Gasteiger partial charge on any atom is -0.497 e. The molecule has 1 heterocycles. The molecule has 220 valence electrons. The van der Waals surface area contributed by atoms with Gasteiger partial charge < -0.3 is 29.2 Å². The van der Waals surface area contributed by atoms with Gasteiger partial charge in [0.2, 0.25) is 11.8 Å². The third-order valence-corrected chi connectivity index (χ3v) is 7.99. The van der Waals surface area contributed by atoms with Crippen molar-refractivity contribution in [2.75, 3.05) is 27.9 Å². The third-order valence-electron chi connectivity index (χ3n) is 7.99. The molecule has 1 N–H and O–H groups in total. The summed E-state index contributed by atoms with van der Waals surface area (Å²) in [4.78, 5) is 43.0. The van der Waals surface area contributed by atoms with Gasteiger partial charge in [0.1, 0.15) is 11.2 Å². The zero-order chi connectivity index (χ0) is 29.4. The van der Waals surface area contributed by atoms with Gasteiger partial charge in [0, 0.05) is 18.7 Å². The van der Waals surface area contributed by atoms with Crippen LogP contribution in [0.25, 0.3) is 0 Å². The van der Waals surface area contributed by atoms with Gasteiger partial charge in [-0.2, -0.15) is 0 Å². The van der Waals surface area contributed by atoms with Crippen LogP contribution in [0.2, 0.25) is 0 Å². The third kappa shape index (κ3) is 6.34. The van der Waals surface area contributed by atoms with Gasteiger partial charge in [-0.15, -0.1) is 0 Å². The van der Waals surface area contributed by atoms with Crippen LogP contribution in [0, 0.1) is 11.3 Å². The molecule has 1 saturated heterocycles. The van der Waals surface area contributed by atoms with Crippen molar-refractivity contribution in [3.05, 3.63) is 65.4 Å². The smallest absolute Gasteiger partial charge is 0.318 e. The lowest BCUT2D eigenvalue weighted by molar-refractivity contribution is -0.158. The molecule has 1 aliphatic carbocycles. The number of fused-ring (bicyclic) bond motifs is 1. The molecule has 2 aliphatic rings. The zero-order valence-electron chi connectivity index (χ0n) is 24.4. The largest absolute Gasteiger partial charge is 0.497 e. The first kappa shape index (κ1) is 30.0. The van der Waals surface area contributed by atoms with Crippen LogP contribution in [0.4, 0.5) is 0 Å². The fourth-order valence-corrected chi connectivity index (χ4v) is 5.89. The molecule has 41 heavy (non-hydrogen) atoms. The average molecular weight is 565 g/mol. The normalized spacial score (nSPS) is 21.6. The van der Waals surface area contributed by atoms with Crippen LogP contribution in [0.5, 0.6) is 17.2 Å². The summed E-state index contributed by atoms with van der Waals surface area (Å²) in [5.41, 5.74) is 1.18. The first-order valence-corrected chi connectivity index (χ1v) is 14.2. The van der Waals surface area contributed by atoms with Crippen LogP contribution in [-0.2, 0) is 32.2 Å². The van der Waals surface area contributed by atoms with Gasteiger partial charge in [-0.25, -0.2) is 0 Å². The molecule has 0 aromatic heterocycles. The average Bonchev–Trinajstić information content (AvgIpc) is 3.18. The Bertz CT molecular complexity index is 1270. The summed E-state index contributed by atoms with van der Waals surface area (Å²) in [7, 11) is 4.72. The number of amides is 2. The highest BCUT2D eigenvalue weighted by molar-refractivity contribution is 5.98. The van der Waals surface area contributed by atoms with E-state index in [1.807, 2.05) is 36.4 Å². The summed E-state index contributed by atoms with van der Waals surface area (Å²) in [6.45, 7) is 2.49. The van der Waals surface area contributed by atoms with Crippen molar-refractivity contribution in [1.29, 1.82) is 0 Å². The Balaban J connectivity index is 1.63. The van der Waals surface area contributed by atoms with E-state index in [1.165, 1.54) is 0 Å². The number of ether oxygens (including phenoxy) is 4. The summed E-state index contributed by atoms with van der Waals surface area (Å²) in [5, 5.41) is 2.93. The zero-order valence-corrected chi connectivity index (χ0v) is 24.4. The minimum absolute atomic E-state index is 0.124. The Labute approximate surface area is 241 Å². The predicted octanol–water partition coefficient (Wildman–Crippen LogP) is 4.77. The lowest BCUT2D eigenvalue weighted by Gasteiger charge is -2.34. The van der Waals surface area contributed by atoms with E-state index in [4.69, 9.17) is 18.9 Å². The number of hydrogen-bond acceptors (Lipinski definition) is 7. The highest BCUT2D eigenvalue weighted by Gasteiger charge is 2.61. The molecule has 1 fully saturated rings. The Morgan fingerprint density at radius 3 is 2.37 bits per heavy atom.